The van der Waals surface area contributed by atoms with E-state index in [-0.39, 0.29) is 0 Å². The van der Waals surface area contributed by atoms with Gasteiger partial charge in [0.25, 0.3) is 0 Å². The van der Waals surface area contributed by atoms with Gasteiger partial charge in [-0.3, -0.25) is 0 Å². The highest BCUT2D eigenvalue weighted by atomic mass is 16.3. The van der Waals surface area contributed by atoms with E-state index >= 15 is 0 Å². The van der Waals surface area contributed by atoms with Crippen molar-refractivity contribution in [3.8, 4) is 33.8 Å². The van der Waals surface area contributed by atoms with E-state index in [1.54, 1.807) is 0 Å². The third-order valence-electron chi connectivity index (χ3n) is 6.47. The largest absolute Gasteiger partial charge is 0.452 e. The van der Waals surface area contributed by atoms with Crippen LogP contribution in [0.25, 0.3) is 66.6 Å². The molecule has 5 aromatic carbocycles. The summed E-state index contributed by atoms with van der Waals surface area (Å²) in [4.78, 5) is 10.0. The molecular weight excluding hydrogens is 428 g/mol. The van der Waals surface area contributed by atoms with Crippen molar-refractivity contribution in [3.05, 3.63) is 121 Å². The lowest BCUT2D eigenvalue weighted by Crippen LogP contribution is -1.94. The van der Waals surface area contributed by atoms with Gasteiger partial charge in [0, 0.05) is 16.5 Å². The molecule has 2 heterocycles. The summed E-state index contributed by atoms with van der Waals surface area (Å²) in [6.07, 6.45) is 0. The van der Waals surface area contributed by atoms with Gasteiger partial charge in [-0.2, -0.15) is 0 Å². The van der Waals surface area contributed by atoms with Gasteiger partial charge < -0.3 is 4.42 Å². The molecular formula is C32H20N2O. The minimum atomic E-state index is 0.686. The summed E-state index contributed by atoms with van der Waals surface area (Å²) in [5.41, 5.74) is 7.45. The molecule has 3 heteroatoms. The number of rotatable bonds is 3. The van der Waals surface area contributed by atoms with Crippen molar-refractivity contribution in [2.45, 2.75) is 0 Å². The highest BCUT2D eigenvalue weighted by Gasteiger charge is 2.18. The monoisotopic (exact) mass is 448 g/mol. The van der Waals surface area contributed by atoms with Crippen molar-refractivity contribution in [1.29, 1.82) is 0 Å². The van der Waals surface area contributed by atoms with Gasteiger partial charge in [0.15, 0.2) is 11.4 Å². The predicted octanol–water partition coefficient (Wildman–Crippen LogP) is 8.53. The van der Waals surface area contributed by atoms with E-state index < -0.39 is 0 Å². The number of aromatic nitrogens is 2. The fraction of sp³-hybridized carbons (Fsp3) is 0. The summed E-state index contributed by atoms with van der Waals surface area (Å²) in [5, 5.41) is 3.46. The van der Waals surface area contributed by atoms with Crippen LogP contribution in [0.3, 0.4) is 0 Å². The molecule has 7 rings (SSSR count). The molecule has 0 aliphatic carbocycles. The smallest absolute Gasteiger partial charge is 0.180 e. The number of fused-ring (bicyclic) bond motifs is 4. The molecule has 7 aromatic rings. The number of hydrogen-bond donors (Lipinski definition) is 0. The maximum Gasteiger partial charge on any atom is 0.180 e. The van der Waals surface area contributed by atoms with Gasteiger partial charge in [-0.25, -0.2) is 9.97 Å². The van der Waals surface area contributed by atoms with Crippen LogP contribution >= 0.6 is 0 Å². The quantitative estimate of drug-likeness (QED) is 0.272. The van der Waals surface area contributed by atoms with E-state index in [1.807, 2.05) is 36.4 Å². The zero-order valence-corrected chi connectivity index (χ0v) is 18.8. The van der Waals surface area contributed by atoms with Crippen LogP contribution in [0.15, 0.2) is 126 Å². The van der Waals surface area contributed by atoms with Gasteiger partial charge >= 0.3 is 0 Å². The van der Waals surface area contributed by atoms with E-state index in [9.17, 15) is 0 Å². The molecule has 3 nitrogen and oxygen atoms in total. The third kappa shape index (κ3) is 3.37. The van der Waals surface area contributed by atoms with Crippen LogP contribution in [0.4, 0.5) is 0 Å². The van der Waals surface area contributed by atoms with Crippen molar-refractivity contribution in [3.63, 3.8) is 0 Å². The molecule has 0 amide bonds. The maximum atomic E-state index is 6.24. The Kier molecular flexibility index (Phi) is 4.46. The molecule has 0 radical (unpaired) electrons. The minimum Gasteiger partial charge on any atom is -0.452 e. The van der Waals surface area contributed by atoms with E-state index in [0.717, 1.165) is 38.9 Å². The summed E-state index contributed by atoms with van der Waals surface area (Å²) < 4.78 is 6.24. The van der Waals surface area contributed by atoms with Crippen LogP contribution in [-0.4, -0.2) is 9.97 Å². The first-order chi connectivity index (χ1) is 17.3. The molecule has 0 aliphatic rings. The van der Waals surface area contributed by atoms with Gasteiger partial charge in [0.2, 0.25) is 0 Å². The molecule has 0 atom stereocenters. The first-order valence-electron chi connectivity index (χ1n) is 11.7. The lowest BCUT2D eigenvalue weighted by Gasteiger charge is -2.09. The first-order valence-corrected chi connectivity index (χ1v) is 11.7. The number of benzene rings is 5. The van der Waals surface area contributed by atoms with Gasteiger partial charge in [-0.1, -0.05) is 97.1 Å². The summed E-state index contributed by atoms with van der Waals surface area (Å²) in [6.45, 7) is 0. The van der Waals surface area contributed by atoms with Crippen LogP contribution in [-0.2, 0) is 0 Å². The molecule has 2 aromatic heterocycles. The SMILES string of the molecule is c1ccc(-c2nc(-c3cccc(-c4ccc5ccccc5c4)c3)nc3c2oc2ccccc23)cc1. The predicted molar refractivity (Wildman–Crippen MR) is 143 cm³/mol. The van der Waals surface area contributed by atoms with Crippen molar-refractivity contribution < 1.29 is 4.42 Å². The number of hydrogen-bond acceptors (Lipinski definition) is 3. The fourth-order valence-corrected chi connectivity index (χ4v) is 4.72. The van der Waals surface area contributed by atoms with E-state index in [2.05, 4.69) is 84.9 Å². The molecule has 0 saturated carbocycles. The normalized spacial score (nSPS) is 11.4. The average Bonchev–Trinajstić information content (AvgIpc) is 3.31. The van der Waals surface area contributed by atoms with Crippen molar-refractivity contribution >= 4 is 32.8 Å². The van der Waals surface area contributed by atoms with Crippen LogP contribution in [0.1, 0.15) is 0 Å². The van der Waals surface area contributed by atoms with Gasteiger partial charge in [-0.15, -0.1) is 0 Å². The number of para-hydroxylation sites is 1. The standard InChI is InChI=1S/C32H20N2O/c1-2-10-22(11-3-1)29-31-30(27-15-6-7-16-28(27)35-31)34-32(33-29)26-14-8-13-24(20-26)25-18-17-21-9-4-5-12-23(21)19-25/h1-20H. The molecule has 0 spiro atoms. The Balaban J connectivity index is 1.44. The second kappa shape index (κ2) is 7.93. The lowest BCUT2D eigenvalue weighted by molar-refractivity contribution is 0.667. The highest BCUT2D eigenvalue weighted by Crippen LogP contribution is 2.36. The third-order valence-corrected chi connectivity index (χ3v) is 6.47. The second-order valence-electron chi connectivity index (χ2n) is 8.68. The van der Waals surface area contributed by atoms with Crippen molar-refractivity contribution in [2.24, 2.45) is 0 Å². The average molecular weight is 449 g/mol. The first kappa shape index (κ1) is 19.7. The second-order valence-corrected chi connectivity index (χ2v) is 8.68. The van der Waals surface area contributed by atoms with E-state index in [1.165, 1.54) is 16.3 Å². The van der Waals surface area contributed by atoms with Gasteiger partial charge in [-0.05, 0) is 46.2 Å². The highest BCUT2D eigenvalue weighted by molar-refractivity contribution is 6.07. The number of furan rings is 1. The van der Waals surface area contributed by atoms with Crippen LogP contribution in [0, 0.1) is 0 Å². The molecule has 35 heavy (non-hydrogen) atoms. The van der Waals surface area contributed by atoms with Crippen LogP contribution in [0.5, 0.6) is 0 Å². The lowest BCUT2D eigenvalue weighted by atomic mass is 9.99. The zero-order valence-electron chi connectivity index (χ0n) is 18.8. The van der Waals surface area contributed by atoms with Crippen LogP contribution < -0.4 is 0 Å². The molecule has 164 valence electrons. The molecule has 0 unspecified atom stereocenters. The Bertz CT molecular complexity index is 1850. The maximum absolute atomic E-state index is 6.24. The van der Waals surface area contributed by atoms with E-state index in [0.29, 0.717) is 11.4 Å². The topological polar surface area (TPSA) is 38.9 Å². The fourth-order valence-electron chi connectivity index (χ4n) is 4.72. The zero-order chi connectivity index (χ0) is 23.2. The summed E-state index contributed by atoms with van der Waals surface area (Å²) in [7, 11) is 0. The Hall–Kier alpha value is -4.76. The Morgan fingerprint density at radius 1 is 0.486 bits per heavy atom. The molecule has 0 bridgehead atoms. The van der Waals surface area contributed by atoms with Gasteiger partial charge in [0.1, 0.15) is 16.8 Å². The summed E-state index contributed by atoms with van der Waals surface area (Å²) in [5.74, 6) is 0.686. The van der Waals surface area contributed by atoms with Crippen molar-refractivity contribution in [2.75, 3.05) is 0 Å². The van der Waals surface area contributed by atoms with Crippen LogP contribution in [0.2, 0.25) is 0 Å². The van der Waals surface area contributed by atoms with Gasteiger partial charge in [0.05, 0.1) is 0 Å². The Labute approximate surface area is 202 Å². The molecule has 0 aliphatic heterocycles. The van der Waals surface area contributed by atoms with Crippen molar-refractivity contribution in [1.82, 2.24) is 9.97 Å². The molecule has 0 fully saturated rings. The summed E-state index contributed by atoms with van der Waals surface area (Å²) in [6, 6.07) is 41.7. The number of nitrogens with zero attached hydrogens (tertiary/aromatic N) is 2. The summed E-state index contributed by atoms with van der Waals surface area (Å²) >= 11 is 0. The Morgan fingerprint density at radius 3 is 2.11 bits per heavy atom. The van der Waals surface area contributed by atoms with E-state index in [4.69, 9.17) is 14.4 Å². The minimum absolute atomic E-state index is 0.686. The molecule has 0 saturated heterocycles. The molecule has 0 N–H and O–H groups in total. The Morgan fingerprint density at radius 2 is 1.20 bits per heavy atom.